The summed E-state index contributed by atoms with van der Waals surface area (Å²) in [6.45, 7) is 5.29. The predicted molar refractivity (Wildman–Crippen MR) is 121 cm³/mol. The average Bonchev–Trinajstić information content (AvgIpc) is 3.17. The van der Waals surface area contributed by atoms with Crippen LogP contribution in [0.2, 0.25) is 0 Å². The molecule has 0 amide bonds. The van der Waals surface area contributed by atoms with Crippen molar-refractivity contribution < 1.29 is 9.47 Å². The molecular weight excluding hydrogens is 455 g/mol. The quantitative estimate of drug-likeness (QED) is 0.213. The van der Waals surface area contributed by atoms with Gasteiger partial charge in [0.1, 0.15) is 6.10 Å². The van der Waals surface area contributed by atoms with Gasteiger partial charge >= 0.3 is 0 Å². The summed E-state index contributed by atoms with van der Waals surface area (Å²) in [4.78, 5) is 8.69. The lowest BCUT2D eigenvalue weighted by Crippen LogP contribution is -2.37. The van der Waals surface area contributed by atoms with Crippen LogP contribution in [0.25, 0.3) is 0 Å². The van der Waals surface area contributed by atoms with Crippen LogP contribution in [-0.2, 0) is 11.3 Å². The predicted octanol–water partition coefficient (Wildman–Crippen LogP) is 3.89. The monoisotopic (exact) mass is 490 g/mol. The zero-order valence-corrected chi connectivity index (χ0v) is 19.0. The minimum atomic E-state index is 0. The molecule has 6 nitrogen and oxygen atoms in total. The van der Waals surface area contributed by atoms with Gasteiger partial charge in [0.05, 0.1) is 0 Å². The number of aliphatic imine (C=N–C) groups is 1. The molecule has 154 valence electrons. The first kappa shape index (κ1) is 23.9. The van der Waals surface area contributed by atoms with Crippen molar-refractivity contribution in [2.45, 2.75) is 64.5 Å². The van der Waals surface area contributed by atoms with Gasteiger partial charge in [0, 0.05) is 45.1 Å². The molecule has 27 heavy (non-hydrogen) atoms. The maximum atomic E-state index is 6.09. The maximum Gasteiger partial charge on any atom is 0.218 e. The van der Waals surface area contributed by atoms with Gasteiger partial charge < -0.3 is 20.1 Å². The Labute approximate surface area is 180 Å². The van der Waals surface area contributed by atoms with Crippen molar-refractivity contribution in [3.05, 3.63) is 23.9 Å². The lowest BCUT2D eigenvalue weighted by molar-refractivity contribution is 0.129. The van der Waals surface area contributed by atoms with Crippen LogP contribution in [0.15, 0.2) is 23.3 Å². The molecule has 0 atom stereocenters. The standard InChI is InChI=1S/C20H34N4O2.HI/c1-3-4-14-25-15-8-13-23-20(21-2)24-16-17-9-7-12-22-19(17)26-18-10-5-6-11-18;/h7,9,12,18H,3-6,8,10-11,13-16H2,1-2H3,(H2,21,23,24);1H. The van der Waals surface area contributed by atoms with Crippen LogP contribution >= 0.6 is 24.0 Å². The molecule has 0 spiro atoms. The Balaban J connectivity index is 0.00000364. The third-order valence-corrected chi connectivity index (χ3v) is 4.50. The van der Waals surface area contributed by atoms with Crippen LogP contribution < -0.4 is 15.4 Å². The zero-order valence-electron chi connectivity index (χ0n) is 16.7. The molecule has 0 aliphatic heterocycles. The van der Waals surface area contributed by atoms with Crippen LogP contribution in [-0.4, -0.2) is 43.9 Å². The van der Waals surface area contributed by atoms with Gasteiger partial charge in [-0.05, 0) is 44.6 Å². The van der Waals surface area contributed by atoms with Crippen molar-refractivity contribution in [3.63, 3.8) is 0 Å². The van der Waals surface area contributed by atoms with Crippen LogP contribution in [0.3, 0.4) is 0 Å². The highest BCUT2D eigenvalue weighted by Crippen LogP contribution is 2.24. The van der Waals surface area contributed by atoms with E-state index in [0.29, 0.717) is 12.6 Å². The van der Waals surface area contributed by atoms with Gasteiger partial charge in [-0.3, -0.25) is 4.99 Å². The van der Waals surface area contributed by atoms with E-state index < -0.39 is 0 Å². The Morgan fingerprint density at radius 1 is 1.22 bits per heavy atom. The summed E-state index contributed by atoms with van der Waals surface area (Å²) >= 11 is 0. The Hall–Kier alpha value is -1.09. The molecule has 1 aromatic heterocycles. The Morgan fingerprint density at radius 2 is 2.00 bits per heavy atom. The maximum absolute atomic E-state index is 6.09. The van der Waals surface area contributed by atoms with E-state index in [2.05, 4.69) is 33.6 Å². The summed E-state index contributed by atoms with van der Waals surface area (Å²) in [5.41, 5.74) is 1.06. The number of nitrogens with zero attached hydrogens (tertiary/aromatic N) is 2. The van der Waals surface area contributed by atoms with Crippen molar-refractivity contribution in [2.75, 3.05) is 26.8 Å². The lowest BCUT2D eigenvalue weighted by atomic mass is 10.2. The second-order valence-corrected chi connectivity index (χ2v) is 6.66. The first-order chi connectivity index (χ1) is 12.8. The van der Waals surface area contributed by atoms with Crippen molar-refractivity contribution >= 4 is 29.9 Å². The molecule has 0 unspecified atom stereocenters. The van der Waals surface area contributed by atoms with Crippen molar-refractivity contribution in [1.82, 2.24) is 15.6 Å². The second kappa shape index (κ2) is 14.9. The molecule has 1 aliphatic carbocycles. The third-order valence-electron chi connectivity index (χ3n) is 4.50. The fraction of sp³-hybridized carbons (Fsp3) is 0.700. The van der Waals surface area contributed by atoms with Gasteiger partial charge in [-0.25, -0.2) is 4.98 Å². The molecule has 1 aliphatic rings. The molecule has 1 fully saturated rings. The number of hydrogen-bond acceptors (Lipinski definition) is 4. The van der Waals surface area contributed by atoms with E-state index in [4.69, 9.17) is 9.47 Å². The number of pyridine rings is 1. The van der Waals surface area contributed by atoms with Crippen molar-refractivity contribution in [3.8, 4) is 5.88 Å². The zero-order chi connectivity index (χ0) is 18.5. The summed E-state index contributed by atoms with van der Waals surface area (Å²) in [7, 11) is 1.78. The van der Waals surface area contributed by atoms with Gasteiger partial charge in [0.15, 0.2) is 5.96 Å². The fourth-order valence-corrected chi connectivity index (χ4v) is 2.96. The van der Waals surface area contributed by atoms with E-state index in [9.17, 15) is 0 Å². The largest absolute Gasteiger partial charge is 0.474 e. The molecule has 1 saturated carbocycles. The van der Waals surface area contributed by atoms with Crippen LogP contribution in [0, 0.1) is 0 Å². The Morgan fingerprint density at radius 3 is 2.74 bits per heavy atom. The SMILES string of the molecule is CCCCOCCCNC(=NC)NCc1cccnc1OC1CCCC1.I. The third kappa shape index (κ3) is 9.60. The summed E-state index contributed by atoms with van der Waals surface area (Å²) in [5.74, 6) is 1.53. The van der Waals surface area contributed by atoms with E-state index >= 15 is 0 Å². The van der Waals surface area contributed by atoms with Gasteiger partial charge in [-0.2, -0.15) is 0 Å². The number of aromatic nitrogens is 1. The van der Waals surface area contributed by atoms with E-state index in [0.717, 1.165) is 62.8 Å². The summed E-state index contributed by atoms with van der Waals surface area (Å²) < 4.78 is 11.7. The highest BCUT2D eigenvalue weighted by Gasteiger charge is 2.18. The average molecular weight is 490 g/mol. The van der Waals surface area contributed by atoms with E-state index in [1.54, 1.807) is 13.2 Å². The number of rotatable bonds is 11. The number of unbranched alkanes of at least 4 members (excludes halogenated alkanes) is 1. The Kier molecular flexibility index (Phi) is 13.2. The van der Waals surface area contributed by atoms with Crippen LogP contribution in [0.4, 0.5) is 0 Å². The van der Waals surface area contributed by atoms with E-state index in [1.165, 1.54) is 19.3 Å². The first-order valence-electron chi connectivity index (χ1n) is 9.96. The van der Waals surface area contributed by atoms with Gasteiger partial charge in [-0.15, -0.1) is 24.0 Å². The van der Waals surface area contributed by atoms with E-state index in [1.807, 2.05) is 6.07 Å². The molecular formula is C20H35IN4O2. The minimum Gasteiger partial charge on any atom is -0.474 e. The summed E-state index contributed by atoms with van der Waals surface area (Å²) in [6, 6.07) is 4.00. The molecule has 7 heteroatoms. The highest BCUT2D eigenvalue weighted by molar-refractivity contribution is 14.0. The Bertz CT molecular complexity index is 536. The molecule has 1 aromatic rings. The normalized spacial score (nSPS) is 14.7. The summed E-state index contributed by atoms with van der Waals surface area (Å²) in [6.07, 6.45) is 10.1. The van der Waals surface area contributed by atoms with Gasteiger partial charge in [-0.1, -0.05) is 19.4 Å². The molecule has 1 heterocycles. The molecule has 0 bridgehead atoms. The van der Waals surface area contributed by atoms with Crippen LogP contribution in [0.5, 0.6) is 5.88 Å². The second-order valence-electron chi connectivity index (χ2n) is 6.66. The topological polar surface area (TPSA) is 67.8 Å². The molecule has 0 aromatic carbocycles. The van der Waals surface area contributed by atoms with Gasteiger partial charge in [0.25, 0.3) is 0 Å². The smallest absolute Gasteiger partial charge is 0.218 e. The number of hydrogen-bond donors (Lipinski definition) is 2. The van der Waals surface area contributed by atoms with Crippen LogP contribution in [0.1, 0.15) is 57.4 Å². The number of guanidine groups is 1. The van der Waals surface area contributed by atoms with Crippen molar-refractivity contribution in [2.24, 2.45) is 4.99 Å². The minimum absolute atomic E-state index is 0. The first-order valence-corrected chi connectivity index (χ1v) is 9.96. The molecule has 0 saturated heterocycles. The number of ether oxygens (including phenoxy) is 2. The van der Waals surface area contributed by atoms with Crippen molar-refractivity contribution in [1.29, 1.82) is 0 Å². The fourth-order valence-electron chi connectivity index (χ4n) is 2.96. The van der Waals surface area contributed by atoms with E-state index in [-0.39, 0.29) is 24.0 Å². The molecule has 2 rings (SSSR count). The van der Waals surface area contributed by atoms with Gasteiger partial charge in [0.2, 0.25) is 5.88 Å². The lowest BCUT2D eigenvalue weighted by Gasteiger charge is -2.16. The number of halogens is 1. The molecule has 2 N–H and O–H groups in total. The highest BCUT2D eigenvalue weighted by atomic mass is 127. The summed E-state index contributed by atoms with van der Waals surface area (Å²) in [5, 5.41) is 6.66. The number of nitrogens with one attached hydrogen (secondary N) is 2. The molecule has 0 radical (unpaired) electrons.